The van der Waals surface area contributed by atoms with Crippen LogP contribution >= 0.6 is 22.9 Å². The van der Waals surface area contributed by atoms with Gasteiger partial charge in [-0.15, -0.1) is 11.3 Å². The molecule has 0 bridgehead atoms. The summed E-state index contributed by atoms with van der Waals surface area (Å²) in [7, 11) is 0. The molecule has 0 N–H and O–H groups in total. The second-order valence-corrected chi connectivity index (χ2v) is 8.27. The largest absolute Gasteiger partial charge is 0.334 e. The van der Waals surface area contributed by atoms with Crippen LogP contribution in [-0.2, 0) is 0 Å². The molecule has 3 heterocycles. The Morgan fingerprint density at radius 2 is 2.03 bits per heavy atom. The van der Waals surface area contributed by atoms with Crippen LogP contribution in [0.15, 0.2) is 48.1 Å². The first kappa shape index (κ1) is 19.9. The highest BCUT2D eigenvalue weighted by Crippen LogP contribution is 2.32. The molecule has 0 spiro atoms. The number of carbonyl (C=O) groups is 1. The third-order valence-corrected chi connectivity index (χ3v) is 6.21. The van der Waals surface area contributed by atoms with Gasteiger partial charge in [-0.2, -0.15) is 0 Å². The maximum Gasteiger partial charge on any atom is 0.282 e. The minimum absolute atomic E-state index is 0.0432. The fourth-order valence-electron chi connectivity index (χ4n) is 3.62. The van der Waals surface area contributed by atoms with Crippen LogP contribution in [0.1, 0.15) is 32.7 Å². The van der Waals surface area contributed by atoms with Crippen molar-refractivity contribution in [2.24, 2.45) is 0 Å². The second kappa shape index (κ2) is 8.57. The molecule has 1 amide bonds. The molecule has 4 rings (SSSR count). The van der Waals surface area contributed by atoms with E-state index < -0.39 is 0 Å². The van der Waals surface area contributed by atoms with E-state index in [4.69, 9.17) is 11.6 Å². The number of hydrogen-bond acceptors (Lipinski definition) is 5. The van der Waals surface area contributed by atoms with Gasteiger partial charge in [-0.25, -0.2) is 9.37 Å². The Hall–Kier alpha value is -2.35. The van der Waals surface area contributed by atoms with E-state index in [1.54, 1.807) is 24.5 Å². The minimum atomic E-state index is -0.344. The van der Waals surface area contributed by atoms with Gasteiger partial charge in [0.05, 0.1) is 6.04 Å². The lowest BCUT2D eigenvalue weighted by atomic mass is 9.97. The molecule has 3 aromatic rings. The summed E-state index contributed by atoms with van der Waals surface area (Å²) < 4.78 is 14.8. The summed E-state index contributed by atoms with van der Waals surface area (Å²) in [5.74, 6) is -0.388. The molecule has 8 heteroatoms. The van der Waals surface area contributed by atoms with Crippen LogP contribution in [0, 0.1) is 12.7 Å². The first-order valence-corrected chi connectivity index (χ1v) is 10.6. The predicted molar refractivity (Wildman–Crippen MR) is 112 cm³/mol. The number of amides is 1. The van der Waals surface area contributed by atoms with Crippen molar-refractivity contribution in [3.63, 3.8) is 0 Å². The first-order valence-electron chi connectivity index (χ1n) is 9.33. The van der Waals surface area contributed by atoms with Gasteiger partial charge in [0, 0.05) is 60.2 Å². The summed E-state index contributed by atoms with van der Waals surface area (Å²) in [4.78, 5) is 25.2. The van der Waals surface area contributed by atoms with Crippen LogP contribution in [0.2, 0.25) is 5.02 Å². The van der Waals surface area contributed by atoms with Gasteiger partial charge >= 0.3 is 0 Å². The maximum absolute atomic E-state index is 14.8. The van der Waals surface area contributed by atoms with Crippen LogP contribution in [0.25, 0.3) is 0 Å². The Bertz CT molecular complexity index is 1000. The van der Waals surface area contributed by atoms with E-state index in [0.29, 0.717) is 41.8 Å². The Morgan fingerprint density at radius 1 is 1.24 bits per heavy atom. The number of aromatic nitrogens is 2. The molecule has 1 saturated heterocycles. The lowest BCUT2D eigenvalue weighted by molar-refractivity contribution is 0.0594. The summed E-state index contributed by atoms with van der Waals surface area (Å²) in [5.41, 5.74) is 2.31. The number of nitrogens with zero attached hydrogens (tertiary/aromatic N) is 4. The van der Waals surface area contributed by atoms with E-state index in [9.17, 15) is 9.18 Å². The van der Waals surface area contributed by atoms with E-state index in [1.165, 1.54) is 17.4 Å². The molecule has 2 aromatic heterocycles. The van der Waals surface area contributed by atoms with Gasteiger partial charge in [0.15, 0.2) is 5.01 Å². The molecular weight excluding hydrogens is 411 g/mol. The fraction of sp³-hybridized carbons (Fsp3) is 0.286. The van der Waals surface area contributed by atoms with Gasteiger partial charge in [-0.05, 0) is 30.7 Å². The summed E-state index contributed by atoms with van der Waals surface area (Å²) in [6, 6.07) is 8.27. The first-order chi connectivity index (χ1) is 14.0. The lowest BCUT2D eigenvalue weighted by Gasteiger charge is -2.39. The second-order valence-electron chi connectivity index (χ2n) is 6.98. The van der Waals surface area contributed by atoms with E-state index >= 15 is 0 Å². The number of halogens is 2. The average molecular weight is 431 g/mol. The molecule has 5 nitrogen and oxygen atoms in total. The zero-order valence-corrected chi connectivity index (χ0v) is 17.5. The predicted octanol–water partition coefficient (Wildman–Crippen LogP) is 4.19. The number of benzene rings is 1. The fourth-order valence-corrected chi connectivity index (χ4v) is 4.54. The van der Waals surface area contributed by atoms with Gasteiger partial charge in [0.2, 0.25) is 0 Å². The molecule has 1 atom stereocenters. The van der Waals surface area contributed by atoms with Crippen molar-refractivity contribution in [2.75, 3.05) is 26.2 Å². The van der Waals surface area contributed by atoms with Crippen molar-refractivity contribution in [3.8, 4) is 0 Å². The molecule has 1 aromatic carbocycles. The lowest BCUT2D eigenvalue weighted by Crippen LogP contribution is -2.50. The zero-order chi connectivity index (χ0) is 20.4. The molecule has 29 heavy (non-hydrogen) atoms. The number of rotatable bonds is 4. The van der Waals surface area contributed by atoms with Gasteiger partial charge in [0.1, 0.15) is 5.82 Å². The van der Waals surface area contributed by atoms with Crippen molar-refractivity contribution in [3.05, 3.63) is 80.8 Å². The molecule has 0 radical (unpaired) electrons. The van der Waals surface area contributed by atoms with E-state index in [-0.39, 0.29) is 17.8 Å². The van der Waals surface area contributed by atoms with Crippen LogP contribution in [0.5, 0.6) is 0 Å². The van der Waals surface area contributed by atoms with Gasteiger partial charge < -0.3 is 4.90 Å². The Kier molecular flexibility index (Phi) is 5.89. The van der Waals surface area contributed by atoms with Crippen LogP contribution in [-0.4, -0.2) is 51.9 Å². The highest BCUT2D eigenvalue weighted by Gasteiger charge is 2.31. The van der Waals surface area contributed by atoms with Crippen LogP contribution in [0.4, 0.5) is 4.39 Å². The van der Waals surface area contributed by atoms with E-state index in [1.807, 2.05) is 29.3 Å². The molecule has 1 fully saturated rings. The number of piperazine rings is 1. The summed E-state index contributed by atoms with van der Waals surface area (Å²) >= 11 is 7.32. The van der Waals surface area contributed by atoms with E-state index in [2.05, 4.69) is 14.9 Å². The minimum Gasteiger partial charge on any atom is -0.334 e. The van der Waals surface area contributed by atoms with Crippen molar-refractivity contribution in [1.29, 1.82) is 0 Å². The number of pyridine rings is 1. The number of aryl methyl sites for hydroxylation is 1. The smallest absolute Gasteiger partial charge is 0.282 e. The molecule has 0 aliphatic carbocycles. The Labute approximate surface area is 177 Å². The third-order valence-electron chi connectivity index (χ3n) is 5.03. The van der Waals surface area contributed by atoms with Crippen LogP contribution in [0.3, 0.4) is 0 Å². The molecule has 150 valence electrons. The topological polar surface area (TPSA) is 49.3 Å². The van der Waals surface area contributed by atoms with Crippen molar-refractivity contribution >= 4 is 28.8 Å². The van der Waals surface area contributed by atoms with Crippen molar-refractivity contribution in [1.82, 2.24) is 19.8 Å². The Morgan fingerprint density at radius 3 is 2.66 bits per heavy atom. The highest BCUT2D eigenvalue weighted by molar-refractivity contribution is 7.11. The highest BCUT2D eigenvalue weighted by atomic mass is 35.5. The SMILES string of the molecule is Cc1csc(C(=O)N2CCN(C(c3cccnc3)c3ccc(Cl)cc3F)CC2)n1. The number of hydrogen-bond donors (Lipinski definition) is 0. The third kappa shape index (κ3) is 4.32. The van der Waals surface area contributed by atoms with E-state index in [0.717, 1.165) is 11.3 Å². The normalized spacial score (nSPS) is 16.0. The molecular formula is C21H20ClFN4OS. The average Bonchev–Trinajstić information content (AvgIpc) is 3.17. The summed E-state index contributed by atoms with van der Waals surface area (Å²) in [6.07, 6.45) is 3.46. The quantitative estimate of drug-likeness (QED) is 0.622. The van der Waals surface area contributed by atoms with Gasteiger partial charge in [-0.1, -0.05) is 23.7 Å². The van der Waals surface area contributed by atoms with Crippen molar-refractivity contribution < 1.29 is 9.18 Å². The van der Waals surface area contributed by atoms with Crippen LogP contribution < -0.4 is 0 Å². The maximum atomic E-state index is 14.8. The molecule has 0 saturated carbocycles. The van der Waals surface area contributed by atoms with Gasteiger partial charge in [0.25, 0.3) is 5.91 Å². The number of carbonyl (C=O) groups excluding carboxylic acids is 1. The van der Waals surface area contributed by atoms with Crippen molar-refractivity contribution in [2.45, 2.75) is 13.0 Å². The zero-order valence-electron chi connectivity index (χ0n) is 15.9. The van der Waals surface area contributed by atoms with Gasteiger partial charge in [-0.3, -0.25) is 14.7 Å². The Balaban J connectivity index is 1.56. The number of thiazole rings is 1. The summed E-state index contributed by atoms with van der Waals surface area (Å²) in [5, 5.41) is 2.76. The monoisotopic (exact) mass is 430 g/mol. The molecule has 1 aliphatic heterocycles. The summed E-state index contributed by atoms with van der Waals surface area (Å²) in [6.45, 7) is 4.24. The standard InChI is InChI=1S/C21H20ClFN4OS/c1-14-13-29-20(25-14)21(28)27-9-7-26(8-10-27)19(15-3-2-6-24-12-15)17-5-4-16(22)11-18(17)23/h2-6,11-13,19H,7-10H2,1H3. The molecule has 1 aliphatic rings. The molecule has 1 unspecified atom stereocenters.